The summed E-state index contributed by atoms with van der Waals surface area (Å²) in [5.74, 6) is 0. The highest BCUT2D eigenvalue weighted by Crippen LogP contribution is 2.21. The van der Waals surface area contributed by atoms with E-state index < -0.39 is 0 Å². The molecule has 2 rings (SSSR count). The van der Waals surface area contributed by atoms with Gasteiger partial charge >= 0.3 is 0 Å². The largest absolute Gasteiger partial charge is 0.324 e. The molecular formula is C11H14N4S. The minimum absolute atomic E-state index is 0.0551. The lowest BCUT2D eigenvalue weighted by atomic mass is 10.1. The Morgan fingerprint density at radius 2 is 2.19 bits per heavy atom. The predicted molar refractivity (Wildman–Crippen MR) is 64.3 cm³/mol. The van der Waals surface area contributed by atoms with Gasteiger partial charge in [0.05, 0.1) is 16.9 Å². The molecule has 2 aromatic rings. The normalized spacial score (nSPS) is 12.7. The first-order valence-electron chi connectivity index (χ1n) is 5.12. The maximum atomic E-state index is 6.09. The van der Waals surface area contributed by atoms with Crippen LogP contribution in [0.4, 0.5) is 0 Å². The molecule has 2 heterocycles. The lowest BCUT2D eigenvalue weighted by Gasteiger charge is -2.08. The minimum atomic E-state index is -0.0551. The Bertz CT molecular complexity index is 447. The highest BCUT2D eigenvalue weighted by atomic mass is 32.1. The summed E-state index contributed by atoms with van der Waals surface area (Å²) in [6.45, 7) is 4.10. The van der Waals surface area contributed by atoms with Crippen molar-refractivity contribution in [2.75, 3.05) is 0 Å². The fourth-order valence-corrected chi connectivity index (χ4v) is 2.44. The Morgan fingerprint density at radius 3 is 2.75 bits per heavy atom. The van der Waals surface area contributed by atoms with E-state index in [0.29, 0.717) is 0 Å². The van der Waals surface area contributed by atoms with E-state index in [1.807, 2.05) is 13.0 Å². The molecule has 2 aromatic heterocycles. The lowest BCUT2D eigenvalue weighted by molar-refractivity contribution is 0.708. The first-order chi connectivity index (χ1) is 7.66. The van der Waals surface area contributed by atoms with Crippen LogP contribution in [0.3, 0.4) is 0 Å². The molecule has 0 radical (unpaired) electrons. The monoisotopic (exact) mass is 234 g/mol. The van der Waals surface area contributed by atoms with E-state index in [2.05, 4.69) is 22.1 Å². The number of nitrogens with two attached hydrogens (primary N) is 1. The van der Waals surface area contributed by atoms with E-state index in [0.717, 1.165) is 22.7 Å². The SMILES string of the molecule is Cc1nc(CC(N)c2ccnnc2)sc1C. The molecule has 1 unspecified atom stereocenters. The number of rotatable bonds is 3. The molecule has 0 spiro atoms. The van der Waals surface area contributed by atoms with Crippen molar-refractivity contribution in [1.82, 2.24) is 15.2 Å². The molecule has 0 saturated carbocycles. The first-order valence-corrected chi connectivity index (χ1v) is 5.93. The zero-order valence-electron chi connectivity index (χ0n) is 9.34. The van der Waals surface area contributed by atoms with Crippen LogP contribution in [0, 0.1) is 13.8 Å². The van der Waals surface area contributed by atoms with Gasteiger partial charge in [-0.2, -0.15) is 10.2 Å². The third kappa shape index (κ3) is 2.43. The second-order valence-corrected chi connectivity index (χ2v) is 5.02. The molecule has 0 aromatic carbocycles. The number of hydrogen-bond donors (Lipinski definition) is 1. The van der Waals surface area contributed by atoms with Gasteiger partial charge in [-0.3, -0.25) is 0 Å². The summed E-state index contributed by atoms with van der Waals surface area (Å²) in [5, 5.41) is 8.64. The molecule has 0 amide bonds. The maximum Gasteiger partial charge on any atom is 0.0949 e. The Labute approximate surface area is 98.6 Å². The average molecular weight is 234 g/mol. The summed E-state index contributed by atoms with van der Waals surface area (Å²) in [6.07, 6.45) is 4.12. The number of aryl methyl sites for hydroxylation is 2. The Balaban J connectivity index is 2.11. The van der Waals surface area contributed by atoms with Gasteiger partial charge in [-0.15, -0.1) is 11.3 Å². The number of aromatic nitrogens is 3. The topological polar surface area (TPSA) is 64.7 Å². The zero-order chi connectivity index (χ0) is 11.5. The predicted octanol–water partition coefficient (Wildman–Crippen LogP) is 1.79. The van der Waals surface area contributed by atoms with Crippen molar-refractivity contribution >= 4 is 11.3 Å². The number of thiazole rings is 1. The molecule has 0 saturated heterocycles. The van der Waals surface area contributed by atoms with Crippen molar-refractivity contribution in [2.45, 2.75) is 26.3 Å². The van der Waals surface area contributed by atoms with Crippen molar-refractivity contribution < 1.29 is 0 Å². The lowest BCUT2D eigenvalue weighted by Crippen LogP contribution is -2.13. The Hall–Kier alpha value is -1.33. The van der Waals surface area contributed by atoms with Crippen LogP contribution >= 0.6 is 11.3 Å². The molecule has 84 valence electrons. The summed E-state index contributed by atoms with van der Waals surface area (Å²) in [7, 11) is 0. The smallest absolute Gasteiger partial charge is 0.0949 e. The molecule has 0 fully saturated rings. The molecule has 1 atom stereocenters. The number of nitrogens with zero attached hydrogens (tertiary/aromatic N) is 3. The van der Waals surface area contributed by atoms with E-state index >= 15 is 0 Å². The summed E-state index contributed by atoms with van der Waals surface area (Å²) < 4.78 is 0. The second kappa shape index (κ2) is 4.67. The maximum absolute atomic E-state index is 6.09. The summed E-state index contributed by atoms with van der Waals surface area (Å²) >= 11 is 1.71. The average Bonchev–Trinajstić information content (AvgIpc) is 2.59. The standard InChI is InChI=1S/C11H14N4S/c1-7-8(2)16-11(15-7)5-10(12)9-3-4-13-14-6-9/h3-4,6,10H,5,12H2,1-2H3. The van der Waals surface area contributed by atoms with E-state index in [9.17, 15) is 0 Å². The quantitative estimate of drug-likeness (QED) is 0.879. The van der Waals surface area contributed by atoms with Crippen LogP contribution < -0.4 is 5.73 Å². The second-order valence-electron chi connectivity index (χ2n) is 3.74. The van der Waals surface area contributed by atoms with Crippen molar-refractivity contribution in [3.63, 3.8) is 0 Å². The summed E-state index contributed by atoms with van der Waals surface area (Å²) in [6, 6.07) is 1.84. The van der Waals surface area contributed by atoms with Gasteiger partial charge in [0, 0.05) is 23.5 Å². The molecule has 2 N–H and O–H groups in total. The Morgan fingerprint density at radius 1 is 1.38 bits per heavy atom. The van der Waals surface area contributed by atoms with Crippen LogP contribution in [0.5, 0.6) is 0 Å². The van der Waals surface area contributed by atoms with Gasteiger partial charge in [0.1, 0.15) is 0 Å². The van der Waals surface area contributed by atoms with E-state index in [1.165, 1.54) is 4.88 Å². The van der Waals surface area contributed by atoms with Crippen LogP contribution in [0.25, 0.3) is 0 Å². The first kappa shape index (κ1) is 11.2. The molecule has 0 aliphatic heterocycles. The molecule has 5 heteroatoms. The fourth-order valence-electron chi connectivity index (χ4n) is 1.45. The third-order valence-corrected chi connectivity index (χ3v) is 3.60. The fraction of sp³-hybridized carbons (Fsp3) is 0.364. The van der Waals surface area contributed by atoms with Crippen molar-refractivity contribution in [1.29, 1.82) is 0 Å². The zero-order valence-corrected chi connectivity index (χ0v) is 10.2. The van der Waals surface area contributed by atoms with Crippen LogP contribution in [0.1, 0.15) is 27.2 Å². The summed E-state index contributed by atoms with van der Waals surface area (Å²) in [5.41, 5.74) is 8.18. The van der Waals surface area contributed by atoms with Crippen molar-refractivity contribution in [3.05, 3.63) is 39.6 Å². The minimum Gasteiger partial charge on any atom is -0.324 e. The summed E-state index contributed by atoms with van der Waals surface area (Å²) in [4.78, 5) is 5.74. The van der Waals surface area contributed by atoms with Gasteiger partial charge in [-0.25, -0.2) is 4.98 Å². The van der Waals surface area contributed by atoms with E-state index in [4.69, 9.17) is 5.73 Å². The van der Waals surface area contributed by atoms with Gasteiger partial charge in [-0.05, 0) is 25.5 Å². The molecule has 0 bridgehead atoms. The van der Waals surface area contributed by atoms with Gasteiger partial charge in [-0.1, -0.05) is 0 Å². The Kier molecular flexibility index (Phi) is 3.26. The van der Waals surface area contributed by atoms with Crippen LogP contribution in [0.15, 0.2) is 18.5 Å². The van der Waals surface area contributed by atoms with Gasteiger partial charge in [0.25, 0.3) is 0 Å². The number of hydrogen-bond acceptors (Lipinski definition) is 5. The third-order valence-electron chi connectivity index (χ3n) is 2.50. The van der Waals surface area contributed by atoms with Crippen molar-refractivity contribution in [3.8, 4) is 0 Å². The highest BCUT2D eigenvalue weighted by molar-refractivity contribution is 7.11. The van der Waals surface area contributed by atoms with E-state index in [1.54, 1.807) is 23.7 Å². The van der Waals surface area contributed by atoms with Gasteiger partial charge in [0.15, 0.2) is 0 Å². The molecule has 0 aliphatic rings. The van der Waals surface area contributed by atoms with E-state index in [-0.39, 0.29) is 6.04 Å². The van der Waals surface area contributed by atoms with Gasteiger partial charge < -0.3 is 5.73 Å². The van der Waals surface area contributed by atoms with Crippen LogP contribution in [0.2, 0.25) is 0 Å². The van der Waals surface area contributed by atoms with Crippen LogP contribution in [-0.2, 0) is 6.42 Å². The molecule has 4 nitrogen and oxygen atoms in total. The highest BCUT2D eigenvalue weighted by Gasteiger charge is 2.11. The molecule has 16 heavy (non-hydrogen) atoms. The molecular weight excluding hydrogens is 220 g/mol. The van der Waals surface area contributed by atoms with Crippen molar-refractivity contribution in [2.24, 2.45) is 5.73 Å². The molecule has 0 aliphatic carbocycles. The van der Waals surface area contributed by atoms with Gasteiger partial charge in [0.2, 0.25) is 0 Å². The van der Waals surface area contributed by atoms with Crippen LogP contribution in [-0.4, -0.2) is 15.2 Å².